The monoisotopic (exact) mass is 403 g/mol. The third-order valence-electron chi connectivity index (χ3n) is 5.99. The minimum absolute atomic E-state index is 0.0302. The topological polar surface area (TPSA) is 43.9 Å². The Kier molecular flexibility index (Phi) is 6.93. The van der Waals surface area contributed by atoms with E-state index < -0.39 is 0 Å². The van der Waals surface area contributed by atoms with Crippen LogP contribution >= 0.6 is 0 Å². The largest absolute Gasteiger partial charge is 0.342 e. The fourth-order valence-corrected chi connectivity index (χ4v) is 4.26. The number of carbonyl (C=O) groups is 2. The zero-order valence-corrected chi connectivity index (χ0v) is 18.0. The van der Waals surface area contributed by atoms with Crippen LogP contribution in [0.4, 0.5) is 4.39 Å². The Morgan fingerprint density at radius 2 is 1.59 bits per heavy atom. The van der Waals surface area contributed by atoms with Crippen LogP contribution in [-0.2, 0) is 16.1 Å². The van der Waals surface area contributed by atoms with Crippen LogP contribution in [0.2, 0.25) is 0 Å². The summed E-state index contributed by atoms with van der Waals surface area (Å²) in [6.07, 6.45) is 2.47. The predicted octanol–water partition coefficient (Wildman–Crippen LogP) is 3.14. The Balaban J connectivity index is 1.48. The summed E-state index contributed by atoms with van der Waals surface area (Å²) in [5, 5.41) is 0. The second-order valence-corrected chi connectivity index (χ2v) is 9.40. The molecule has 2 aliphatic heterocycles. The van der Waals surface area contributed by atoms with Crippen molar-refractivity contribution < 1.29 is 14.0 Å². The van der Waals surface area contributed by atoms with Crippen molar-refractivity contribution in [1.29, 1.82) is 0 Å². The summed E-state index contributed by atoms with van der Waals surface area (Å²) in [6.45, 7) is 11.3. The summed E-state index contributed by atoms with van der Waals surface area (Å²) in [7, 11) is 0. The van der Waals surface area contributed by atoms with Crippen LogP contribution in [0.15, 0.2) is 24.3 Å². The van der Waals surface area contributed by atoms with Crippen molar-refractivity contribution in [2.75, 3.05) is 39.3 Å². The van der Waals surface area contributed by atoms with Crippen molar-refractivity contribution in [2.45, 2.75) is 46.6 Å². The second-order valence-electron chi connectivity index (χ2n) is 9.40. The summed E-state index contributed by atoms with van der Waals surface area (Å²) >= 11 is 0. The van der Waals surface area contributed by atoms with Gasteiger partial charge in [0, 0.05) is 57.1 Å². The Morgan fingerprint density at radius 3 is 2.21 bits per heavy atom. The quantitative estimate of drug-likeness (QED) is 0.779. The third-order valence-corrected chi connectivity index (χ3v) is 5.99. The van der Waals surface area contributed by atoms with Crippen LogP contribution < -0.4 is 0 Å². The van der Waals surface area contributed by atoms with Crippen molar-refractivity contribution in [3.63, 3.8) is 0 Å². The summed E-state index contributed by atoms with van der Waals surface area (Å²) in [5.41, 5.74) is 0.734. The van der Waals surface area contributed by atoms with Crippen LogP contribution in [0, 0.1) is 17.2 Å². The lowest BCUT2D eigenvalue weighted by Gasteiger charge is -2.36. The minimum Gasteiger partial charge on any atom is -0.342 e. The first-order valence-electron chi connectivity index (χ1n) is 10.8. The fraction of sp³-hybridized carbons (Fsp3) is 0.652. The Labute approximate surface area is 173 Å². The van der Waals surface area contributed by atoms with Gasteiger partial charge in [-0.25, -0.2) is 4.39 Å². The van der Waals surface area contributed by atoms with Gasteiger partial charge in [0.2, 0.25) is 11.8 Å². The van der Waals surface area contributed by atoms with E-state index in [0.717, 1.165) is 57.5 Å². The number of nitrogens with zero attached hydrogens (tertiary/aromatic N) is 3. The van der Waals surface area contributed by atoms with Gasteiger partial charge in [-0.15, -0.1) is 0 Å². The number of hydrogen-bond donors (Lipinski definition) is 0. The Hall–Kier alpha value is -1.95. The van der Waals surface area contributed by atoms with E-state index in [1.807, 2.05) is 42.7 Å². The van der Waals surface area contributed by atoms with Crippen molar-refractivity contribution >= 4 is 11.8 Å². The molecule has 0 aliphatic carbocycles. The van der Waals surface area contributed by atoms with Crippen LogP contribution in [-0.4, -0.2) is 65.8 Å². The fourth-order valence-electron chi connectivity index (χ4n) is 4.26. The van der Waals surface area contributed by atoms with Crippen molar-refractivity contribution in [3.8, 4) is 0 Å². The zero-order chi connectivity index (χ0) is 21.0. The molecule has 0 atom stereocenters. The highest BCUT2D eigenvalue weighted by Crippen LogP contribution is 2.25. The SMILES string of the molecule is CC(C)(C)C(=O)N1CCC(C(=O)N2CCCN(Cc3ccc(F)cc3)CC2)CC1. The van der Waals surface area contributed by atoms with E-state index in [1.165, 1.54) is 12.1 Å². The molecule has 5 nitrogen and oxygen atoms in total. The van der Waals surface area contributed by atoms with E-state index >= 15 is 0 Å². The summed E-state index contributed by atoms with van der Waals surface area (Å²) < 4.78 is 13.1. The van der Waals surface area contributed by atoms with E-state index in [4.69, 9.17) is 0 Å². The lowest BCUT2D eigenvalue weighted by Crippen LogP contribution is -2.47. The van der Waals surface area contributed by atoms with E-state index in [-0.39, 0.29) is 29.0 Å². The van der Waals surface area contributed by atoms with Gasteiger partial charge in [-0.3, -0.25) is 14.5 Å². The molecule has 1 aromatic carbocycles. The maximum atomic E-state index is 13.1. The normalized spacial score (nSPS) is 19.9. The molecule has 2 fully saturated rings. The molecule has 0 spiro atoms. The van der Waals surface area contributed by atoms with Crippen molar-refractivity contribution in [2.24, 2.45) is 11.3 Å². The number of halogens is 1. The number of hydrogen-bond acceptors (Lipinski definition) is 3. The van der Waals surface area contributed by atoms with Gasteiger partial charge < -0.3 is 9.80 Å². The zero-order valence-electron chi connectivity index (χ0n) is 18.0. The van der Waals surface area contributed by atoms with Gasteiger partial charge in [-0.1, -0.05) is 32.9 Å². The molecule has 6 heteroatoms. The highest BCUT2D eigenvalue weighted by atomic mass is 19.1. The predicted molar refractivity (Wildman–Crippen MR) is 112 cm³/mol. The molecule has 0 N–H and O–H groups in total. The van der Waals surface area contributed by atoms with Gasteiger partial charge in [-0.2, -0.15) is 0 Å². The summed E-state index contributed by atoms with van der Waals surface area (Å²) in [6, 6.07) is 6.66. The van der Waals surface area contributed by atoms with Gasteiger partial charge in [0.25, 0.3) is 0 Å². The molecule has 29 heavy (non-hydrogen) atoms. The van der Waals surface area contributed by atoms with Crippen LogP contribution in [0.1, 0.15) is 45.6 Å². The molecule has 1 aromatic rings. The molecule has 2 aliphatic rings. The van der Waals surface area contributed by atoms with Crippen molar-refractivity contribution in [3.05, 3.63) is 35.6 Å². The minimum atomic E-state index is -0.365. The Morgan fingerprint density at radius 1 is 0.931 bits per heavy atom. The molecule has 2 heterocycles. The number of benzene rings is 1. The lowest BCUT2D eigenvalue weighted by atomic mass is 9.90. The second kappa shape index (κ2) is 9.24. The molecular weight excluding hydrogens is 369 g/mol. The molecule has 2 saturated heterocycles. The molecule has 3 rings (SSSR count). The molecule has 0 radical (unpaired) electrons. The molecule has 2 amide bonds. The maximum Gasteiger partial charge on any atom is 0.227 e. The molecule has 160 valence electrons. The van der Waals surface area contributed by atoms with Gasteiger partial charge in [0.1, 0.15) is 5.82 Å². The molecule has 0 aromatic heterocycles. The molecule has 0 unspecified atom stereocenters. The van der Waals surface area contributed by atoms with E-state index in [1.54, 1.807) is 0 Å². The van der Waals surface area contributed by atoms with E-state index in [9.17, 15) is 14.0 Å². The van der Waals surface area contributed by atoms with Gasteiger partial charge in [0.05, 0.1) is 0 Å². The first kappa shape index (κ1) is 21.8. The van der Waals surface area contributed by atoms with Gasteiger partial charge in [0.15, 0.2) is 0 Å². The first-order valence-corrected chi connectivity index (χ1v) is 10.8. The summed E-state index contributed by atoms with van der Waals surface area (Å²) in [4.78, 5) is 31.8. The van der Waals surface area contributed by atoms with Crippen molar-refractivity contribution in [1.82, 2.24) is 14.7 Å². The van der Waals surface area contributed by atoms with Crippen LogP contribution in [0.25, 0.3) is 0 Å². The third kappa shape index (κ3) is 5.78. The molecule has 0 saturated carbocycles. The Bertz CT molecular complexity index is 706. The number of carbonyl (C=O) groups excluding carboxylic acids is 2. The van der Waals surface area contributed by atoms with Gasteiger partial charge in [-0.05, 0) is 37.0 Å². The van der Waals surface area contributed by atoms with E-state index in [2.05, 4.69) is 4.90 Å². The lowest BCUT2D eigenvalue weighted by molar-refractivity contribution is -0.144. The van der Waals surface area contributed by atoms with Crippen LogP contribution in [0.3, 0.4) is 0 Å². The number of amides is 2. The molecule has 0 bridgehead atoms. The summed E-state index contributed by atoms with van der Waals surface area (Å²) in [5.74, 6) is 0.241. The maximum absolute atomic E-state index is 13.1. The number of likely N-dealkylation sites (tertiary alicyclic amines) is 1. The number of piperidine rings is 1. The van der Waals surface area contributed by atoms with E-state index in [0.29, 0.717) is 13.1 Å². The smallest absolute Gasteiger partial charge is 0.227 e. The average Bonchev–Trinajstić information content (AvgIpc) is 2.93. The standard InChI is InChI=1S/C23H34FN3O2/c1-23(2,3)22(29)27-13-9-19(10-14-27)21(28)26-12-4-11-25(15-16-26)17-18-5-7-20(24)8-6-18/h5-8,19H,4,9-17H2,1-3H3. The highest BCUT2D eigenvalue weighted by Gasteiger charge is 2.34. The average molecular weight is 404 g/mol. The molecular formula is C23H34FN3O2. The van der Waals surface area contributed by atoms with Crippen LogP contribution in [0.5, 0.6) is 0 Å². The van der Waals surface area contributed by atoms with Gasteiger partial charge >= 0.3 is 0 Å². The number of rotatable bonds is 3. The highest BCUT2D eigenvalue weighted by molar-refractivity contribution is 5.82. The first-order chi connectivity index (χ1) is 13.7.